The molecule has 0 spiro atoms. The quantitative estimate of drug-likeness (QED) is 0.657. The van der Waals surface area contributed by atoms with Gasteiger partial charge in [-0.1, -0.05) is 29.8 Å². The van der Waals surface area contributed by atoms with Crippen LogP contribution < -0.4 is 5.32 Å². The molecule has 0 aliphatic heterocycles. The van der Waals surface area contributed by atoms with Gasteiger partial charge in [-0.2, -0.15) is 0 Å². The van der Waals surface area contributed by atoms with E-state index < -0.39 is 0 Å². The van der Waals surface area contributed by atoms with Crippen molar-refractivity contribution in [3.63, 3.8) is 0 Å². The number of pyridine rings is 1. The minimum atomic E-state index is -0.0504. The Labute approximate surface area is 156 Å². The second-order valence-corrected chi connectivity index (χ2v) is 6.34. The molecule has 3 aromatic rings. The van der Waals surface area contributed by atoms with Gasteiger partial charge in [0.2, 0.25) is 5.91 Å². The number of nitrogens with zero attached hydrogens (tertiary/aromatic N) is 5. The first-order valence-corrected chi connectivity index (χ1v) is 8.71. The zero-order chi connectivity index (χ0) is 18.2. The van der Waals surface area contributed by atoms with E-state index in [4.69, 9.17) is 11.6 Å². The first kappa shape index (κ1) is 18.0. The summed E-state index contributed by atoms with van der Waals surface area (Å²) >= 11 is 5.97. The summed E-state index contributed by atoms with van der Waals surface area (Å²) in [4.78, 5) is 16.6. The maximum atomic E-state index is 12.4. The van der Waals surface area contributed by atoms with Gasteiger partial charge in [0.25, 0.3) is 0 Å². The summed E-state index contributed by atoms with van der Waals surface area (Å²) in [6, 6.07) is 13.3. The third-order valence-electron chi connectivity index (χ3n) is 4.00. The zero-order valence-electron chi connectivity index (χ0n) is 14.1. The highest BCUT2D eigenvalue weighted by Gasteiger charge is 2.17. The number of carbonyl (C=O) groups is 1. The zero-order valence-corrected chi connectivity index (χ0v) is 14.9. The minimum Gasteiger partial charge on any atom is -0.356 e. The summed E-state index contributed by atoms with van der Waals surface area (Å²) in [5.74, 6) is -0.0698. The highest BCUT2D eigenvalue weighted by molar-refractivity contribution is 6.30. The van der Waals surface area contributed by atoms with Gasteiger partial charge in [0.05, 0.1) is 6.54 Å². The fourth-order valence-electron chi connectivity index (χ4n) is 2.68. The largest absolute Gasteiger partial charge is 0.356 e. The molecule has 1 aromatic carbocycles. The van der Waals surface area contributed by atoms with Crippen LogP contribution in [0, 0.1) is 0 Å². The third kappa shape index (κ3) is 5.35. The molecule has 2 aromatic heterocycles. The van der Waals surface area contributed by atoms with Gasteiger partial charge in [0.15, 0.2) is 0 Å². The van der Waals surface area contributed by atoms with E-state index in [-0.39, 0.29) is 11.8 Å². The van der Waals surface area contributed by atoms with Crippen molar-refractivity contribution in [1.29, 1.82) is 0 Å². The molecule has 8 heteroatoms. The first-order chi connectivity index (χ1) is 12.7. The molecule has 0 aliphatic carbocycles. The van der Waals surface area contributed by atoms with Gasteiger partial charge in [-0.15, -0.1) is 5.10 Å². The lowest BCUT2D eigenvalue weighted by atomic mass is 9.95. The maximum absolute atomic E-state index is 12.4. The van der Waals surface area contributed by atoms with Crippen LogP contribution in [0.3, 0.4) is 0 Å². The number of hydrogen-bond acceptors (Lipinski definition) is 5. The van der Waals surface area contributed by atoms with Crippen LogP contribution in [0.25, 0.3) is 0 Å². The maximum Gasteiger partial charge on any atom is 0.220 e. The van der Waals surface area contributed by atoms with E-state index in [1.54, 1.807) is 17.2 Å². The fraction of sp³-hybridized carbons (Fsp3) is 0.278. The van der Waals surface area contributed by atoms with Crippen molar-refractivity contribution < 1.29 is 4.79 Å². The predicted octanol–water partition coefficient (Wildman–Crippen LogP) is 2.25. The van der Waals surface area contributed by atoms with Gasteiger partial charge in [0.1, 0.15) is 6.33 Å². The molecular formula is C18H19ClN6O. The van der Waals surface area contributed by atoms with Gasteiger partial charge in [-0.05, 0) is 40.3 Å². The van der Waals surface area contributed by atoms with Crippen LogP contribution in [-0.4, -0.2) is 37.6 Å². The van der Waals surface area contributed by atoms with Crippen molar-refractivity contribution >= 4 is 17.5 Å². The molecule has 134 valence electrons. The summed E-state index contributed by atoms with van der Waals surface area (Å²) in [5.41, 5.74) is 1.97. The number of benzene rings is 1. The summed E-state index contributed by atoms with van der Waals surface area (Å²) < 4.78 is 1.63. The van der Waals surface area contributed by atoms with E-state index in [0.29, 0.717) is 31.0 Å². The monoisotopic (exact) mass is 370 g/mol. The van der Waals surface area contributed by atoms with E-state index in [1.807, 2.05) is 42.5 Å². The highest BCUT2D eigenvalue weighted by atomic mass is 35.5. The highest BCUT2D eigenvalue weighted by Crippen LogP contribution is 2.23. The predicted molar refractivity (Wildman–Crippen MR) is 97.6 cm³/mol. The number of halogens is 1. The molecule has 0 fully saturated rings. The molecule has 0 saturated carbocycles. The number of amides is 1. The second kappa shape index (κ2) is 9.05. The summed E-state index contributed by atoms with van der Waals surface area (Å²) in [6.45, 7) is 1.07. The Hall–Kier alpha value is -2.80. The Morgan fingerprint density at radius 3 is 2.73 bits per heavy atom. The molecule has 0 aliphatic rings. The van der Waals surface area contributed by atoms with Crippen LogP contribution in [-0.2, 0) is 17.8 Å². The Kier molecular flexibility index (Phi) is 6.27. The molecular weight excluding hydrogens is 352 g/mol. The lowest BCUT2D eigenvalue weighted by Gasteiger charge is -2.17. The normalized spacial score (nSPS) is 11.9. The molecule has 0 unspecified atom stereocenters. The van der Waals surface area contributed by atoms with Crippen molar-refractivity contribution in [1.82, 2.24) is 30.5 Å². The molecule has 7 nitrogen and oxygen atoms in total. The molecule has 2 heterocycles. The van der Waals surface area contributed by atoms with Gasteiger partial charge in [-0.25, -0.2) is 4.68 Å². The molecule has 0 bridgehead atoms. The van der Waals surface area contributed by atoms with Gasteiger partial charge >= 0.3 is 0 Å². The van der Waals surface area contributed by atoms with Crippen molar-refractivity contribution in [2.24, 2.45) is 0 Å². The Morgan fingerprint density at radius 2 is 2.04 bits per heavy atom. The van der Waals surface area contributed by atoms with Crippen LogP contribution in [0.4, 0.5) is 0 Å². The Balaban J connectivity index is 1.59. The van der Waals surface area contributed by atoms with E-state index in [0.717, 1.165) is 11.3 Å². The van der Waals surface area contributed by atoms with Crippen molar-refractivity contribution in [3.8, 4) is 0 Å². The summed E-state index contributed by atoms with van der Waals surface area (Å²) in [6.07, 6.45) is 4.33. The number of carbonyl (C=O) groups excluding carboxylic acids is 1. The second-order valence-electron chi connectivity index (χ2n) is 5.91. The molecule has 26 heavy (non-hydrogen) atoms. The van der Waals surface area contributed by atoms with Crippen molar-refractivity contribution in [2.75, 3.05) is 6.54 Å². The fourth-order valence-corrected chi connectivity index (χ4v) is 2.81. The van der Waals surface area contributed by atoms with Crippen LogP contribution in [0.15, 0.2) is 55.0 Å². The van der Waals surface area contributed by atoms with E-state index in [2.05, 4.69) is 25.8 Å². The molecule has 1 atom stereocenters. The van der Waals surface area contributed by atoms with Crippen molar-refractivity contribution in [3.05, 3.63) is 71.3 Å². The number of rotatable bonds is 8. The average Bonchev–Trinajstić information content (AvgIpc) is 3.16. The lowest BCUT2D eigenvalue weighted by molar-refractivity contribution is -0.121. The average molecular weight is 371 g/mol. The molecule has 1 amide bonds. The SMILES string of the molecule is O=C(C[C@@H](Cn1cnnn1)c1ccc(Cl)cc1)NCCc1ccccn1. The Bertz CT molecular complexity index is 807. The van der Waals surface area contributed by atoms with Crippen molar-refractivity contribution in [2.45, 2.75) is 25.3 Å². The Morgan fingerprint density at radius 1 is 1.19 bits per heavy atom. The summed E-state index contributed by atoms with van der Waals surface area (Å²) in [7, 11) is 0. The van der Waals surface area contributed by atoms with Crippen LogP contribution in [0.1, 0.15) is 23.6 Å². The smallest absolute Gasteiger partial charge is 0.220 e. The molecule has 0 saturated heterocycles. The first-order valence-electron chi connectivity index (χ1n) is 8.33. The number of tetrazole rings is 1. The molecule has 1 N–H and O–H groups in total. The number of hydrogen-bond donors (Lipinski definition) is 1. The van der Waals surface area contributed by atoms with Crippen LogP contribution in [0.2, 0.25) is 5.02 Å². The summed E-state index contributed by atoms with van der Waals surface area (Å²) in [5, 5.41) is 14.8. The van der Waals surface area contributed by atoms with E-state index in [9.17, 15) is 4.79 Å². The standard InChI is InChI=1S/C18H19ClN6O/c19-16-6-4-14(5-7-16)15(12-25-13-22-23-24-25)11-18(26)21-10-8-17-3-1-2-9-20-17/h1-7,9,13,15H,8,10-12H2,(H,21,26)/t15-/m0/s1. The van der Waals surface area contributed by atoms with E-state index in [1.165, 1.54) is 0 Å². The van der Waals surface area contributed by atoms with Gasteiger partial charge in [0, 0.05) is 42.2 Å². The lowest BCUT2D eigenvalue weighted by Crippen LogP contribution is -2.28. The van der Waals surface area contributed by atoms with Gasteiger partial charge < -0.3 is 5.32 Å². The molecule has 3 rings (SSSR count). The third-order valence-corrected chi connectivity index (χ3v) is 4.25. The van der Waals surface area contributed by atoms with Crippen LogP contribution >= 0.6 is 11.6 Å². The van der Waals surface area contributed by atoms with Crippen LogP contribution in [0.5, 0.6) is 0 Å². The molecule has 0 radical (unpaired) electrons. The van der Waals surface area contributed by atoms with E-state index >= 15 is 0 Å². The minimum absolute atomic E-state index is 0.0195. The number of aromatic nitrogens is 5. The van der Waals surface area contributed by atoms with Gasteiger partial charge in [-0.3, -0.25) is 9.78 Å². The topological polar surface area (TPSA) is 85.6 Å². The number of nitrogens with one attached hydrogen (secondary N) is 1.